The molecule has 0 aliphatic carbocycles. The molecule has 1 rings (SSSR count). The van der Waals surface area contributed by atoms with Gasteiger partial charge < -0.3 is 10.0 Å². The number of β-amino-alcohol motifs (C(OH)–C–C–N with tert-alkyl or cyclic N) is 1. The van der Waals surface area contributed by atoms with Gasteiger partial charge in [0.2, 0.25) is 5.91 Å². The maximum Gasteiger partial charge on any atom is 0.239 e. The third kappa shape index (κ3) is 2.92. The van der Waals surface area contributed by atoms with Crippen LogP contribution in [0.2, 0.25) is 0 Å². The Morgan fingerprint density at radius 1 is 1.53 bits per heavy atom. The van der Waals surface area contributed by atoms with Gasteiger partial charge in [-0.15, -0.1) is 0 Å². The Balaban J connectivity index is 2.54. The van der Waals surface area contributed by atoms with Crippen LogP contribution in [0.1, 0.15) is 20.3 Å². The molecule has 15 heavy (non-hydrogen) atoms. The van der Waals surface area contributed by atoms with Crippen LogP contribution in [0.3, 0.4) is 0 Å². The predicted octanol–water partition coefficient (Wildman–Crippen LogP) is 0.166. The fraction of sp³-hybridized carbons (Fsp3) is 0.909. The summed E-state index contributed by atoms with van der Waals surface area (Å²) >= 11 is 0. The average Bonchev–Trinajstić information content (AvgIpc) is 2.19. The molecule has 0 aromatic carbocycles. The van der Waals surface area contributed by atoms with Gasteiger partial charge in [0.05, 0.1) is 12.1 Å². The fourth-order valence-electron chi connectivity index (χ4n) is 1.95. The van der Waals surface area contributed by atoms with Gasteiger partial charge in [-0.3, -0.25) is 9.69 Å². The number of rotatable bonds is 2. The highest BCUT2D eigenvalue weighted by Gasteiger charge is 2.30. The van der Waals surface area contributed by atoms with Crippen molar-refractivity contribution in [3.05, 3.63) is 0 Å². The van der Waals surface area contributed by atoms with E-state index in [1.165, 1.54) is 0 Å². The third-order valence-electron chi connectivity index (χ3n) is 3.30. The second-order valence-corrected chi connectivity index (χ2v) is 4.74. The van der Waals surface area contributed by atoms with E-state index in [2.05, 4.69) is 11.8 Å². The Morgan fingerprint density at radius 3 is 2.60 bits per heavy atom. The largest absolute Gasteiger partial charge is 0.392 e. The monoisotopic (exact) mass is 214 g/mol. The Bertz CT molecular complexity index is 231. The molecule has 4 heteroatoms. The van der Waals surface area contributed by atoms with E-state index < -0.39 is 0 Å². The number of likely N-dealkylation sites (N-methyl/N-ethyl adjacent to an activating group) is 1. The standard InChI is InChI=1S/C11H22N2O2/c1-8-5-6-13(7-10(8)14)9(2)11(15)12(3)4/h8-10,14H,5-7H2,1-4H3. The van der Waals surface area contributed by atoms with Crippen molar-refractivity contribution in [1.82, 2.24) is 9.80 Å². The highest BCUT2D eigenvalue weighted by molar-refractivity contribution is 5.80. The number of aliphatic hydroxyl groups is 1. The van der Waals surface area contributed by atoms with E-state index >= 15 is 0 Å². The van der Waals surface area contributed by atoms with E-state index in [-0.39, 0.29) is 18.1 Å². The van der Waals surface area contributed by atoms with Crippen molar-refractivity contribution in [2.45, 2.75) is 32.4 Å². The summed E-state index contributed by atoms with van der Waals surface area (Å²) in [5.74, 6) is 0.458. The second kappa shape index (κ2) is 4.94. The van der Waals surface area contributed by atoms with E-state index in [0.29, 0.717) is 12.5 Å². The maximum absolute atomic E-state index is 11.7. The minimum Gasteiger partial charge on any atom is -0.392 e. The van der Waals surface area contributed by atoms with E-state index in [9.17, 15) is 9.90 Å². The Labute approximate surface area is 91.9 Å². The van der Waals surface area contributed by atoms with E-state index in [1.54, 1.807) is 19.0 Å². The lowest BCUT2D eigenvalue weighted by Gasteiger charge is -2.38. The number of carbonyl (C=O) groups is 1. The summed E-state index contributed by atoms with van der Waals surface area (Å²) in [7, 11) is 3.53. The molecule has 0 bridgehead atoms. The number of nitrogens with zero attached hydrogens (tertiary/aromatic N) is 2. The molecule has 0 aromatic rings. The second-order valence-electron chi connectivity index (χ2n) is 4.74. The van der Waals surface area contributed by atoms with Gasteiger partial charge in [-0.1, -0.05) is 6.92 Å². The number of amides is 1. The molecule has 1 aliphatic heterocycles. The smallest absolute Gasteiger partial charge is 0.239 e. The van der Waals surface area contributed by atoms with Crippen LogP contribution in [0.25, 0.3) is 0 Å². The Morgan fingerprint density at radius 2 is 2.13 bits per heavy atom. The number of carbonyl (C=O) groups excluding carboxylic acids is 1. The molecule has 0 spiro atoms. The maximum atomic E-state index is 11.7. The Kier molecular flexibility index (Phi) is 4.11. The quantitative estimate of drug-likeness (QED) is 0.712. The normalized spacial score (nSPS) is 29.9. The summed E-state index contributed by atoms with van der Waals surface area (Å²) in [6, 6.07) is -0.123. The van der Waals surface area contributed by atoms with Crippen molar-refractivity contribution < 1.29 is 9.90 Å². The summed E-state index contributed by atoms with van der Waals surface area (Å²) in [5.41, 5.74) is 0. The van der Waals surface area contributed by atoms with Crippen LogP contribution in [0.5, 0.6) is 0 Å². The van der Waals surface area contributed by atoms with Crippen LogP contribution < -0.4 is 0 Å². The van der Waals surface area contributed by atoms with Crippen molar-refractivity contribution in [3.8, 4) is 0 Å². The van der Waals surface area contributed by atoms with Gasteiger partial charge in [-0.25, -0.2) is 0 Å². The molecule has 1 saturated heterocycles. The van der Waals surface area contributed by atoms with Gasteiger partial charge in [0.1, 0.15) is 0 Å². The topological polar surface area (TPSA) is 43.8 Å². The zero-order valence-electron chi connectivity index (χ0n) is 10.1. The molecule has 1 N–H and O–H groups in total. The lowest BCUT2D eigenvalue weighted by atomic mass is 9.95. The molecule has 1 fully saturated rings. The predicted molar refractivity (Wildman–Crippen MR) is 59.5 cm³/mol. The first-order valence-electron chi connectivity index (χ1n) is 5.56. The van der Waals surface area contributed by atoms with Crippen molar-refractivity contribution >= 4 is 5.91 Å². The molecule has 3 atom stereocenters. The number of hydrogen-bond donors (Lipinski definition) is 1. The lowest BCUT2D eigenvalue weighted by Crippen LogP contribution is -2.51. The SMILES string of the molecule is CC1CCN(C(C)C(=O)N(C)C)CC1O. The summed E-state index contributed by atoms with van der Waals surface area (Å²) in [6.45, 7) is 5.48. The fourth-order valence-corrected chi connectivity index (χ4v) is 1.95. The van der Waals surface area contributed by atoms with E-state index in [4.69, 9.17) is 0 Å². The van der Waals surface area contributed by atoms with Crippen molar-refractivity contribution in [2.24, 2.45) is 5.92 Å². The molecular weight excluding hydrogens is 192 g/mol. The molecule has 4 nitrogen and oxygen atoms in total. The molecule has 88 valence electrons. The molecule has 1 heterocycles. The van der Waals surface area contributed by atoms with Gasteiger partial charge in [-0.2, -0.15) is 0 Å². The lowest BCUT2D eigenvalue weighted by molar-refractivity contribution is -0.135. The summed E-state index contributed by atoms with van der Waals surface area (Å²) < 4.78 is 0. The molecular formula is C11H22N2O2. The molecule has 0 radical (unpaired) electrons. The number of hydrogen-bond acceptors (Lipinski definition) is 3. The van der Waals surface area contributed by atoms with E-state index in [1.807, 2.05) is 6.92 Å². The first-order chi connectivity index (χ1) is 6.93. The summed E-state index contributed by atoms with van der Waals surface area (Å²) in [5, 5.41) is 9.75. The van der Waals surface area contributed by atoms with Crippen LogP contribution >= 0.6 is 0 Å². The highest BCUT2D eigenvalue weighted by atomic mass is 16.3. The van der Waals surface area contributed by atoms with Crippen molar-refractivity contribution in [2.75, 3.05) is 27.2 Å². The van der Waals surface area contributed by atoms with Crippen molar-refractivity contribution in [1.29, 1.82) is 0 Å². The summed E-state index contributed by atoms with van der Waals surface area (Å²) in [4.78, 5) is 15.4. The molecule has 1 aliphatic rings. The van der Waals surface area contributed by atoms with Gasteiger partial charge >= 0.3 is 0 Å². The third-order valence-corrected chi connectivity index (χ3v) is 3.30. The zero-order valence-corrected chi connectivity index (χ0v) is 10.1. The van der Waals surface area contributed by atoms with Crippen LogP contribution in [-0.2, 0) is 4.79 Å². The highest BCUT2D eigenvalue weighted by Crippen LogP contribution is 2.19. The number of likely N-dealkylation sites (tertiary alicyclic amines) is 1. The molecule has 0 saturated carbocycles. The van der Waals surface area contributed by atoms with Crippen LogP contribution in [0.4, 0.5) is 0 Å². The van der Waals surface area contributed by atoms with Crippen LogP contribution in [0, 0.1) is 5.92 Å². The Hall–Kier alpha value is -0.610. The van der Waals surface area contributed by atoms with Crippen LogP contribution in [-0.4, -0.2) is 60.1 Å². The minimum atomic E-state index is -0.295. The zero-order chi connectivity index (χ0) is 11.6. The summed E-state index contributed by atoms with van der Waals surface area (Å²) in [6.07, 6.45) is 0.669. The average molecular weight is 214 g/mol. The number of aliphatic hydroxyl groups excluding tert-OH is 1. The molecule has 0 aromatic heterocycles. The first-order valence-corrected chi connectivity index (χ1v) is 5.56. The van der Waals surface area contributed by atoms with Gasteiger partial charge in [0, 0.05) is 20.6 Å². The van der Waals surface area contributed by atoms with Gasteiger partial charge in [0.15, 0.2) is 0 Å². The first kappa shape index (κ1) is 12.5. The number of piperidine rings is 1. The van der Waals surface area contributed by atoms with E-state index in [0.717, 1.165) is 13.0 Å². The van der Waals surface area contributed by atoms with Crippen molar-refractivity contribution in [3.63, 3.8) is 0 Å². The molecule has 1 amide bonds. The molecule has 3 unspecified atom stereocenters. The van der Waals surface area contributed by atoms with Gasteiger partial charge in [0.25, 0.3) is 0 Å². The minimum absolute atomic E-state index is 0.108. The van der Waals surface area contributed by atoms with Gasteiger partial charge in [-0.05, 0) is 25.8 Å². The van der Waals surface area contributed by atoms with Crippen LogP contribution in [0.15, 0.2) is 0 Å².